The number of amides is 2. The molecule has 2 N–H and O–H groups in total. The maximum Gasteiger partial charge on any atom is 0.273 e. The number of aromatic nitrogens is 1. The van der Waals surface area contributed by atoms with Gasteiger partial charge in [0.2, 0.25) is 0 Å². The van der Waals surface area contributed by atoms with Crippen LogP contribution in [0.1, 0.15) is 38.3 Å². The standard InChI is InChI=1S/C19H24N4O2S/c1-2-14-3-5-15(6-4-14)18(24)22-9-11-23(12-10-22)19(25)16-13-26-17(21-16)7-8-20/h3-6,13H,2,7-12,20H2,1H3. The number of hydrogen-bond donors (Lipinski definition) is 1. The van der Waals surface area contributed by atoms with Crippen molar-refractivity contribution in [3.63, 3.8) is 0 Å². The summed E-state index contributed by atoms with van der Waals surface area (Å²) >= 11 is 1.47. The second-order valence-electron chi connectivity index (χ2n) is 6.30. The van der Waals surface area contributed by atoms with Crippen LogP contribution in [0.2, 0.25) is 0 Å². The van der Waals surface area contributed by atoms with Crippen LogP contribution in [0, 0.1) is 0 Å². The predicted molar refractivity (Wildman–Crippen MR) is 102 cm³/mol. The Kier molecular flexibility index (Phi) is 6.00. The lowest BCUT2D eigenvalue weighted by molar-refractivity contribution is 0.0532. The Morgan fingerprint density at radius 2 is 1.69 bits per heavy atom. The second-order valence-corrected chi connectivity index (χ2v) is 7.24. The van der Waals surface area contributed by atoms with Gasteiger partial charge in [-0.15, -0.1) is 11.3 Å². The molecule has 0 aliphatic carbocycles. The van der Waals surface area contributed by atoms with Crippen molar-refractivity contribution in [2.24, 2.45) is 5.73 Å². The van der Waals surface area contributed by atoms with Gasteiger partial charge in [-0.3, -0.25) is 9.59 Å². The van der Waals surface area contributed by atoms with Crippen molar-refractivity contribution < 1.29 is 9.59 Å². The molecule has 0 saturated carbocycles. The zero-order valence-corrected chi connectivity index (χ0v) is 15.8. The lowest BCUT2D eigenvalue weighted by Crippen LogP contribution is -2.50. The molecule has 138 valence electrons. The molecule has 1 aromatic carbocycles. The Morgan fingerprint density at radius 1 is 1.08 bits per heavy atom. The Morgan fingerprint density at radius 3 is 2.27 bits per heavy atom. The van der Waals surface area contributed by atoms with Crippen LogP contribution in [-0.2, 0) is 12.8 Å². The fourth-order valence-corrected chi connectivity index (χ4v) is 3.78. The van der Waals surface area contributed by atoms with Crippen molar-refractivity contribution in [1.29, 1.82) is 0 Å². The van der Waals surface area contributed by atoms with Gasteiger partial charge in [0.15, 0.2) is 0 Å². The Bertz CT molecular complexity index is 764. The molecule has 7 heteroatoms. The topological polar surface area (TPSA) is 79.5 Å². The summed E-state index contributed by atoms with van der Waals surface area (Å²) in [6.45, 7) is 4.76. The third-order valence-corrected chi connectivity index (χ3v) is 5.50. The van der Waals surface area contributed by atoms with Crippen molar-refractivity contribution >= 4 is 23.2 Å². The molecule has 0 bridgehead atoms. The van der Waals surface area contributed by atoms with Crippen LogP contribution in [0.25, 0.3) is 0 Å². The zero-order chi connectivity index (χ0) is 18.5. The Hall–Kier alpha value is -2.25. The number of carbonyl (C=O) groups excluding carboxylic acids is 2. The lowest BCUT2D eigenvalue weighted by Gasteiger charge is -2.34. The first-order valence-electron chi connectivity index (χ1n) is 8.94. The summed E-state index contributed by atoms with van der Waals surface area (Å²) in [6.07, 6.45) is 1.65. The minimum Gasteiger partial charge on any atom is -0.335 e. The van der Waals surface area contributed by atoms with Gasteiger partial charge in [0, 0.05) is 43.5 Å². The van der Waals surface area contributed by atoms with E-state index in [9.17, 15) is 9.59 Å². The van der Waals surface area contributed by atoms with E-state index in [0.29, 0.717) is 50.4 Å². The SMILES string of the molecule is CCc1ccc(C(=O)N2CCN(C(=O)c3csc(CCN)n3)CC2)cc1. The number of nitrogens with zero attached hydrogens (tertiary/aromatic N) is 3. The van der Waals surface area contributed by atoms with Crippen molar-refractivity contribution in [3.8, 4) is 0 Å². The molecule has 2 aromatic rings. The molecule has 26 heavy (non-hydrogen) atoms. The molecule has 2 heterocycles. The summed E-state index contributed by atoms with van der Waals surface area (Å²) in [5.41, 5.74) is 7.93. The quantitative estimate of drug-likeness (QED) is 0.868. The highest BCUT2D eigenvalue weighted by atomic mass is 32.1. The maximum atomic E-state index is 12.6. The maximum absolute atomic E-state index is 12.6. The van der Waals surface area contributed by atoms with E-state index in [-0.39, 0.29) is 11.8 Å². The molecule has 3 rings (SSSR count). The second kappa shape index (κ2) is 8.42. The molecular formula is C19H24N4O2S. The van der Waals surface area contributed by atoms with E-state index in [1.165, 1.54) is 16.9 Å². The lowest BCUT2D eigenvalue weighted by atomic mass is 10.1. The minimum absolute atomic E-state index is 0.0265. The number of aryl methyl sites for hydroxylation is 1. The Labute approximate surface area is 157 Å². The number of hydrogen-bond acceptors (Lipinski definition) is 5. The largest absolute Gasteiger partial charge is 0.335 e. The van der Waals surface area contributed by atoms with E-state index in [2.05, 4.69) is 11.9 Å². The van der Waals surface area contributed by atoms with Gasteiger partial charge in [-0.2, -0.15) is 0 Å². The van der Waals surface area contributed by atoms with Crippen molar-refractivity contribution in [1.82, 2.24) is 14.8 Å². The van der Waals surface area contributed by atoms with Gasteiger partial charge in [0.25, 0.3) is 11.8 Å². The van der Waals surface area contributed by atoms with E-state index >= 15 is 0 Å². The number of benzene rings is 1. The highest BCUT2D eigenvalue weighted by molar-refractivity contribution is 7.09. The summed E-state index contributed by atoms with van der Waals surface area (Å²) in [4.78, 5) is 33.1. The minimum atomic E-state index is -0.0658. The third-order valence-electron chi connectivity index (χ3n) is 4.59. The van der Waals surface area contributed by atoms with Crippen LogP contribution < -0.4 is 5.73 Å². The first-order valence-corrected chi connectivity index (χ1v) is 9.82. The van der Waals surface area contributed by atoms with E-state index in [1.807, 2.05) is 29.2 Å². The normalized spacial score (nSPS) is 14.5. The van der Waals surface area contributed by atoms with E-state index in [4.69, 9.17) is 5.73 Å². The molecule has 1 aromatic heterocycles. The highest BCUT2D eigenvalue weighted by Gasteiger charge is 2.26. The Balaban J connectivity index is 1.57. The van der Waals surface area contributed by atoms with Crippen LogP contribution in [-0.4, -0.2) is 59.3 Å². The van der Waals surface area contributed by atoms with Crippen molar-refractivity contribution in [2.45, 2.75) is 19.8 Å². The summed E-state index contributed by atoms with van der Waals surface area (Å²) in [5.74, 6) is -0.0393. The number of nitrogens with two attached hydrogens (primary N) is 1. The van der Waals surface area contributed by atoms with Gasteiger partial charge in [0.1, 0.15) is 5.69 Å². The predicted octanol–water partition coefficient (Wildman–Crippen LogP) is 1.80. The number of thiazole rings is 1. The van der Waals surface area contributed by atoms with Crippen molar-refractivity contribution in [2.75, 3.05) is 32.7 Å². The zero-order valence-electron chi connectivity index (χ0n) is 15.0. The fraction of sp³-hybridized carbons (Fsp3) is 0.421. The fourth-order valence-electron chi connectivity index (χ4n) is 2.99. The molecule has 2 amide bonds. The molecule has 0 atom stereocenters. The van der Waals surface area contributed by atoms with E-state index < -0.39 is 0 Å². The molecule has 0 unspecified atom stereocenters. The first-order chi connectivity index (χ1) is 12.6. The van der Waals surface area contributed by atoms with Crippen LogP contribution in [0.4, 0.5) is 0 Å². The molecular weight excluding hydrogens is 348 g/mol. The summed E-state index contributed by atoms with van der Waals surface area (Å²) < 4.78 is 0. The summed E-state index contributed by atoms with van der Waals surface area (Å²) in [5, 5.41) is 2.68. The highest BCUT2D eigenvalue weighted by Crippen LogP contribution is 2.15. The van der Waals surface area contributed by atoms with Crippen LogP contribution in [0.3, 0.4) is 0 Å². The molecule has 1 aliphatic rings. The van der Waals surface area contributed by atoms with Gasteiger partial charge in [-0.1, -0.05) is 19.1 Å². The molecule has 0 spiro atoms. The third kappa shape index (κ3) is 4.11. The van der Waals surface area contributed by atoms with Gasteiger partial charge in [0.05, 0.1) is 5.01 Å². The first kappa shape index (κ1) is 18.5. The monoisotopic (exact) mass is 372 g/mol. The average Bonchev–Trinajstić information content (AvgIpc) is 3.16. The van der Waals surface area contributed by atoms with Crippen LogP contribution >= 0.6 is 11.3 Å². The van der Waals surface area contributed by atoms with Gasteiger partial charge >= 0.3 is 0 Å². The van der Waals surface area contributed by atoms with Crippen LogP contribution in [0.5, 0.6) is 0 Å². The van der Waals surface area contributed by atoms with Crippen LogP contribution in [0.15, 0.2) is 29.6 Å². The van der Waals surface area contributed by atoms with Gasteiger partial charge < -0.3 is 15.5 Å². The summed E-state index contributed by atoms with van der Waals surface area (Å²) in [7, 11) is 0. The molecule has 0 radical (unpaired) electrons. The van der Waals surface area contributed by atoms with E-state index in [0.717, 1.165) is 11.4 Å². The van der Waals surface area contributed by atoms with E-state index in [1.54, 1.807) is 10.3 Å². The van der Waals surface area contributed by atoms with Gasteiger partial charge in [-0.05, 0) is 30.7 Å². The smallest absolute Gasteiger partial charge is 0.273 e. The molecule has 1 saturated heterocycles. The van der Waals surface area contributed by atoms with Crippen molar-refractivity contribution in [3.05, 3.63) is 51.5 Å². The number of carbonyl (C=O) groups is 2. The molecule has 1 fully saturated rings. The molecule has 6 nitrogen and oxygen atoms in total. The summed E-state index contributed by atoms with van der Waals surface area (Å²) in [6, 6.07) is 7.75. The molecule has 1 aliphatic heterocycles. The number of piperazine rings is 1. The average molecular weight is 372 g/mol. The van der Waals surface area contributed by atoms with Gasteiger partial charge in [-0.25, -0.2) is 4.98 Å². The number of rotatable bonds is 5.